The second-order valence-corrected chi connectivity index (χ2v) is 4.61. The summed E-state index contributed by atoms with van der Waals surface area (Å²) in [4.78, 5) is 23.5. The van der Waals surface area contributed by atoms with E-state index in [1.807, 2.05) is 0 Å². The molecule has 0 radical (unpaired) electrons. The van der Waals surface area contributed by atoms with Crippen molar-refractivity contribution in [1.29, 1.82) is 0 Å². The number of nitrogens with one attached hydrogen (secondary N) is 2. The second kappa shape index (κ2) is 5.78. The first-order chi connectivity index (χ1) is 8.68. The number of rotatable bonds is 4. The molecule has 4 nitrogen and oxygen atoms in total. The Kier molecular flexibility index (Phi) is 4.10. The fourth-order valence-electron chi connectivity index (χ4n) is 2.23. The van der Waals surface area contributed by atoms with Gasteiger partial charge in [0.2, 0.25) is 0 Å². The van der Waals surface area contributed by atoms with Crippen molar-refractivity contribution in [3.63, 3.8) is 0 Å². The lowest BCUT2D eigenvalue weighted by Crippen LogP contribution is -2.37. The summed E-state index contributed by atoms with van der Waals surface area (Å²) in [5.41, 5.74) is 0.942. The molecule has 18 heavy (non-hydrogen) atoms. The van der Waals surface area contributed by atoms with Gasteiger partial charge in [0.15, 0.2) is 5.78 Å². The van der Waals surface area contributed by atoms with Gasteiger partial charge in [-0.2, -0.15) is 0 Å². The van der Waals surface area contributed by atoms with Crippen LogP contribution in [0, 0.1) is 0 Å². The normalized spacial score (nSPS) is 18.6. The Bertz CT molecular complexity index is 451. The summed E-state index contributed by atoms with van der Waals surface area (Å²) in [6, 6.07) is 7.28. The molecule has 96 valence electrons. The van der Waals surface area contributed by atoms with E-state index in [9.17, 15) is 9.59 Å². The maximum atomic E-state index is 12.0. The van der Waals surface area contributed by atoms with Gasteiger partial charge in [-0.1, -0.05) is 18.2 Å². The SMILES string of the molecule is CC(=O)c1ccccc1C(=O)NCC1CCCN1. The summed E-state index contributed by atoms with van der Waals surface area (Å²) in [6.45, 7) is 3.11. The van der Waals surface area contributed by atoms with Crippen molar-refractivity contribution >= 4 is 11.7 Å². The molecule has 1 amide bonds. The maximum absolute atomic E-state index is 12.0. The topological polar surface area (TPSA) is 58.2 Å². The molecule has 1 atom stereocenters. The van der Waals surface area contributed by atoms with Crippen LogP contribution in [-0.2, 0) is 0 Å². The highest BCUT2D eigenvalue weighted by Gasteiger charge is 2.17. The number of amides is 1. The van der Waals surface area contributed by atoms with Crippen molar-refractivity contribution in [2.75, 3.05) is 13.1 Å². The second-order valence-electron chi connectivity index (χ2n) is 4.61. The summed E-state index contributed by atoms with van der Waals surface area (Å²) < 4.78 is 0. The number of benzene rings is 1. The van der Waals surface area contributed by atoms with Crippen molar-refractivity contribution in [2.45, 2.75) is 25.8 Å². The highest BCUT2D eigenvalue weighted by molar-refractivity contribution is 6.07. The Labute approximate surface area is 107 Å². The average molecular weight is 246 g/mol. The minimum Gasteiger partial charge on any atom is -0.350 e. The monoisotopic (exact) mass is 246 g/mol. The fraction of sp³-hybridized carbons (Fsp3) is 0.429. The quantitative estimate of drug-likeness (QED) is 0.789. The van der Waals surface area contributed by atoms with E-state index in [0.29, 0.717) is 23.7 Å². The highest BCUT2D eigenvalue weighted by atomic mass is 16.2. The number of hydrogen-bond donors (Lipinski definition) is 2. The average Bonchev–Trinajstić information content (AvgIpc) is 2.89. The Morgan fingerprint density at radius 3 is 2.67 bits per heavy atom. The van der Waals surface area contributed by atoms with Crippen LogP contribution in [0.3, 0.4) is 0 Å². The molecule has 0 aromatic heterocycles. The van der Waals surface area contributed by atoms with E-state index in [-0.39, 0.29) is 11.7 Å². The van der Waals surface area contributed by atoms with E-state index in [1.165, 1.54) is 6.92 Å². The zero-order chi connectivity index (χ0) is 13.0. The molecular weight excluding hydrogens is 228 g/mol. The van der Waals surface area contributed by atoms with E-state index in [0.717, 1.165) is 19.4 Å². The largest absolute Gasteiger partial charge is 0.350 e. The van der Waals surface area contributed by atoms with Crippen LogP contribution in [0.4, 0.5) is 0 Å². The van der Waals surface area contributed by atoms with Crippen LogP contribution in [-0.4, -0.2) is 30.8 Å². The highest BCUT2D eigenvalue weighted by Crippen LogP contribution is 2.10. The van der Waals surface area contributed by atoms with Crippen LogP contribution >= 0.6 is 0 Å². The molecule has 1 saturated heterocycles. The molecule has 2 rings (SSSR count). The lowest BCUT2D eigenvalue weighted by Gasteiger charge is -2.12. The predicted octanol–water partition coefficient (Wildman–Crippen LogP) is 1.37. The van der Waals surface area contributed by atoms with Crippen molar-refractivity contribution in [2.24, 2.45) is 0 Å². The molecule has 2 N–H and O–H groups in total. The van der Waals surface area contributed by atoms with Gasteiger partial charge in [0.25, 0.3) is 5.91 Å². The van der Waals surface area contributed by atoms with E-state index >= 15 is 0 Å². The van der Waals surface area contributed by atoms with E-state index in [1.54, 1.807) is 24.3 Å². The van der Waals surface area contributed by atoms with Crippen LogP contribution in [0.15, 0.2) is 24.3 Å². The van der Waals surface area contributed by atoms with Crippen molar-refractivity contribution in [3.05, 3.63) is 35.4 Å². The molecule has 0 aliphatic carbocycles. The minimum atomic E-state index is -0.172. The van der Waals surface area contributed by atoms with Gasteiger partial charge in [0, 0.05) is 18.2 Å². The Morgan fingerprint density at radius 2 is 2.06 bits per heavy atom. The van der Waals surface area contributed by atoms with Gasteiger partial charge < -0.3 is 10.6 Å². The number of carbonyl (C=O) groups is 2. The van der Waals surface area contributed by atoms with E-state index in [2.05, 4.69) is 10.6 Å². The molecule has 1 aromatic carbocycles. The molecule has 0 saturated carbocycles. The van der Waals surface area contributed by atoms with Crippen LogP contribution in [0.5, 0.6) is 0 Å². The van der Waals surface area contributed by atoms with Crippen LogP contribution < -0.4 is 10.6 Å². The number of carbonyl (C=O) groups excluding carboxylic acids is 2. The summed E-state index contributed by atoms with van der Waals surface area (Å²) >= 11 is 0. The van der Waals surface area contributed by atoms with Gasteiger partial charge in [-0.15, -0.1) is 0 Å². The first kappa shape index (κ1) is 12.8. The van der Waals surface area contributed by atoms with Gasteiger partial charge in [0.05, 0.1) is 5.56 Å². The third kappa shape index (κ3) is 2.96. The predicted molar refractivity (Wildman–Crippen MR) is 69.8 cm³/mol. The van der Waals surface area contributed by atoms with Crippen LogP contribution in [0.25, 0.3) is 0 Å². The summed E-state index contributed by atoms with van der Waals surface area (Å²) in [5, 5.41) is 6.20. The van der Waals surface area contributed by atoms with Gasteiger partial charge in [0.1, 0.15) is 0 Å². The van der Waals surface area contributed by atoms with Crippen molar-refractivity contribution in [3.8, 4) is 0 Å². The third-order valence-electron chi connectivity index (χ3n) is 3.22. The smallest absolute Gasteiger partial charge is 0.252 e. The van der Waals surface area contributed by atoms with Gasteiger partial charge in [-0.3, -0.25) is 9.59 Å². The third-order valence-corrected chi connectivity index (χ3v) is 3.22. The minimum absolute atomic E-state index is 0.0836. The summed E-state index contributed by atoms with van der Waals surface area (Å²) in [5.74, 6) is -0.255. The van der Waals surface area contributed by atoms with Gasteiger partial charge >= 0.3 is 0 Å². The summed E-state index contributed by atoms with van der Waals surface area (Å²) in [7, 11) is 0. The van der Waals surface area contributed by atoms with E-state index < -0.39 is 0 Å². The van der Waals surface area contributed by atoms with Crippen LogP contribution in [0.1, 0.15) is 40.5 Å². The number of hydrogen-bond acceptors (Lipinski definition) is 3. The fourth-order valence-corrected chi connectivity index (χ4v) is 2.23. The lowest BCUT2D eigenvalue weighted by atomic mass is 10.0. The Morgan fingerprint density at radius 1 is 1.33 bits per heavy atom. The first-order valence-electron chi connectivity index (χ1n) is 6.30. The van der Waals surface area contributed by atoms with Gasteiger partial charge in [-0.25, -0.2) is 0 Å². The molecule has 0 bridgehead atoms. The number of ketones is 1. The molecule has 1 aliphatic heterocycles. The van der Waals surface area contributed by atoms with Crippen molar-refractivity contribution < 1.29 is 9.59 Å². The molecule has 4 heteroatoms. The van der Waals surface area contributed by atoms with Crippen molar-refractivity contribution in [1.82, 2.24) is 10.6 Å². The molecule has 1 fully saturated rings. The maximum Gasteiger partial charge on any atom is 0.252 e. The zero-order valence-corrected chi connectivity index (χ0v) is 10.5. The molecule has 1 aliphatic rings. The standard InChI is InChI=1S/C14H18N2O2/c1-10(17)12-6-2-3-7-13(12)14(18)16-9-11-5-4-8-15-11/h2-3,6-7,11,15H,4-5,8-9H2,1H3,(H,16,18). The molecule has 0 spiro atoms. The molecule has 1 heterocycles. The molecule has 1 unspecified atom stereocenters. The Balaban J connectivity index is 2.01. The zero-order valence-electron chi connectivity index (χ0n) is 10.5. The molecule has 1 aromatic rings. The summed E-state index contributed by atoms with van der Waals surface area (Å²) in [6.07, 6.45) is 2.25. The number of Topliss-reactive ketones (excluding diaryl/α,β-unsaturated/α-hetero) is 1. The molecular formula is C14H18N2O2. The lowest BCUT2D eigenvalue weighted by molar-refractivity contribution is 0.0936. The Hall–Kier alpha value is -1.68. The van der Waals surface area contributed by atoms with E-state index in [4.69, 9.17) is 0 Å². The first-order valence-corrected chi connectivity index (χ1v) is 6.30. The van der Waals surface area contributed by atoms with Gasteiger partial charge in [-0.05, 0) is 32.4 Å². The van der Waals surface area contributed by atoms with Crippen LogP contribution in [0.2, 0.25) is 0 Å².